The molecule has 0 radical (unpaired) electrons. The zero-order valence-electron chi connectivity index (χ0n) is 17.4. The number of nitrogens with one attached hydrogen (secondary N) is 2. The molecule has 1 aliphatic heterocycles. The molecule has 3 rings (SSSR count). The van der Waals surface area contributed by atoms with Gasteiger partial charge in [0.05, 0.1) is 0 Å². The molecule has 1 unspecified atom stereocenters. The molecule has 0 bridgehead atoms. The number of phenols is 1. The molecule has 0 saturated carbocycles. The van der Waals surface area contributed by atoms with Crippen LogP contribution in [0.15, 0.2) is 24.4 Å². The van der Waals surface area contributed by atoms with Crippen molar-refractivity contribution in [3.05, 3.63) is 30.0 Å². The van der Waals surface area contributed by atoms with Crippen LogP contribution >= 0.6 is 0 Å². The van der Waals surface area contributed by atoms with Crippen LogP contribution in [0, 0.1) is 0 Å². The number of benzene rings is 1. The van der Waals surface area contributed by atoms with Gasteiger partial charge in [0.2, 0.25) is 11.8 Å². The number of fused-ring (bicyclic) bond motifs is 1. The van der Waals surface area contributed by atoms with Crippen LogP contribution in [0.3, 0.4) is 0 Å². The maximum absolute atomic E-state index is 13.3. The lowest BCUT2D eigenvalue weighted by atomic mass is 10.0. The van der Waals surface area contributed by atoms with Gasteiger partial charge in [-0.1, -0.05) is 0 Å². The van der Waals surface area contributed by atoms with Gasteiger partial charge in [-0.3, -0.25) is 9.59 Å². The highest BCUT2D eigenvalue weighted by Crippen LogP contribution is 2.25. The number of aromatic hydroxyl groups is 1. The number of hydrogen-bond donors (Lipinski definition) is 4. The van der Waals surface area contributed by atoms with Crippen LogP contribution in [0.2, 0.25) is 0 Å². The molecule has 1 aliphatic rings. The van der Waals surface area contributed by atoms with E-state index in [1.807, 2.05) is 0 Å². The lowest BCUT2D eigenvalue weighted by Gasteiger charge is -2.28. The molecular formula is C21H28N4O5. The summed E-state index contributed by atoms with van der Waals surface area (Å²) in [6, 6.07) is 3.24. The Balaban J connectivity index is 1.88. The Morgan fingerprint density at radius 3 is 2.77 bits per heavy atom. The summed E-state index contributed by atoms with van der Waals surface area (Å²) in [6.07, 6.45) is 2.33. The first kappa shape index (κ1) is 21.5. The average molecular weight is 416 g/mol. The number of phenolic OH excluding ortho intramolecular Hbond substituents is 1. The van der Waals surface area contributed by atoms with Crippen LogP contribution in [0.4, 0.5) is 4.79 Å². The molecule has 30 heavy (non-hydrogen) atoms. The van der Waals surface area contributed by atoms with Crippen molar-refractivity contribution in [3.8, 4) is 5.75 Å². The van der Waals surface area contributed by atoms with Gasteiger partial charge in [-0.2, -0.15) is 0 Å². The van der Waals surface area contributed by atoms with Crippen molar-refractivity contribution in [2.24, 2.45) is 5.73 Å². The Bertz CT molecular complexity index is 962. The van der Waals surface area contributed by atoms with Gasteiger partial charge < -0.3 is 30.8 Å². The zero-order valence-corrected chi connectivity index (χ0v) is 17.4. The summed E-state index contributed by atoms with van der Waals surface area (Å²) < 4.78 is 5.32. The van der Waals surface area contributed by atoms with Gasteiger partial charge >= 0.3 is 6.09 Å². The lowest BCUT2D eigenvalue weighted by molar-refractivity contribution is -0.139. The van der Waals surface area contributed by atoms with E-state index >= 15 is 0 Å². The summed E-state index contributed by atoms with van der Waals surface area (Å²) in [5.41, 5.74) is 6.27. The number of amides is 3. The van der Waals surface area contributed by atoms with E-state index in [0.29, 0.717) is 19.4 Å². The number of hydrogen-bond acceptors (Lipinski definition) is 5. The minimum atomic E-state index is -0.957. The van der Waals surface area contributed by atoms with Gasteiger partial charge in [0, 0.05) is 30.1 Å². The number of H-pyrrole nitrogens is 1. The predicted molar refractivity (Wildman–Crippen MR) is 111 cm³/mol. The van der Waals surface area contributed by atoms with Gasteiger partial charge in [-0.05, 0) is 57.4 Å². The fourth-order valence-corrected chi connectivity index (χ4v) is 3.73. The van der Waals surface area contributed by atoms with Crippen molar-refractivity contribution < 1.29 is 24.2 Å². The number of alkyl carbamates (subject to hydrolysis) is 1. The van der Waals surface area contributed by atoms with Crippen LogP contribution in [-0.2, 0) is 20.7 Å². The highest BCUT2D eigenvalue weighted by molar-refractivity contribution is 5.92. The van der Waals surface area contributed by atoms with Crippen molar-refractivity contribution in [3.63, 3.8) is 0 Å². The molecule has 162 valence electrons. The molecule has 0 spiro atoms. The van der Waals surface area contributed by atoms with E-state index in [0.717, 1.165) is 16.5 Å². The fourth-order valence-electron chi connectivity index (χ4n) is 3.73. The van der Waals surface area contributed by atoms with Crippen LogP contribution in [-0.4, -0.2) is 57.1 Å². The number of primary amides is 1. The van der Waals surface area contributed by atoms with Crippen molar-refractivity contribution >= 4 is 28.8 Å². The largest absolute Gasteiger partial charge is 0.508 e. The van der Waals surface area contributed by atoms with Gasteiger partial charge in [-0.15, -0.1) is 0 Å². The first-order valence-corrected chi connectivity index (χ1v) is 9.93. The van der Waals surface area contributed by atoms with Crippen molar-refractivity contribution in [2.45, 2.75) is 57.7 Å². The van der Waals surface area contributed by atoms with E-state index in [1.165, 1.54) is 4.90 Å². The maximum atomic E-state index is 13.3. The summed E-state index contributed by atoms with van der Waals surface area (Å²) in [4.78, 5) is 42.0. The van der Waals surface area contributed by atoms with Crippen molar-refractivity contribution in [1.29, 1.82) is 0 Å². The molecule has 3 amide bonds. The quantitative estimate of drug-likeness (QED) is 0.589. The molecule has 1 saturated heterocycles. The molecule has 9 nitrogen and oxygen atoms in total. The standard InChI is InChI=1S/C21H28N4O5/c1-21(2,3)30-20(29)24-16(19(28)25-8-4-5-17(25)18(22)27)9-12-11-23-15-7-6-13(26)10-14(12)15/h6-7,10-11,16-17,23,26H,4-5,8-9H2,1-3H3,(H2,22,27)(H,24,29)/t16?,17-/m0/s1. The first-order chi connectivity index (χ1) is 14.0. The van der Waals surface area contributed by atoms with Gasteiger partial charge in [0.25, 0.3) is 0 Å². The monoisotopic (exact) mass is 416 g/mol. The van der Waals surface area contributed by atoms with E-state index in [9.17, 15) is 19.5 Å². The lowest BCUT2D eigenvalue weighted by Crippen LogP contribution is -2.54. The summed E-state index contributed by atoms with van der Waals surface area (Å²) in [5.74, 6) is -0.856. The predicted octanol–water partition coefficient (Wildman–Crippen LogP) is 1.79. The number of carbonyl (C=O) groups excluding carboxylic acids is 3. The Morgan fingerprint density at radius 1 is 1.37 bits per heavy atom. The smallest absolute Gasteiger partial charge is 0.408 e. The van der Waals surface area contributed by atoms with Crippen LogP contribution < -0.4 is 11.1 Å². The molecule has 0 aliphatic carbocycles. The maximum Gasteiger partial charge on any atom is 0.408 e. The molecule has 1 aromatic carbocycles. The molecule has 2 heterocycles. The minimum absolute atomic E-state index is 0.0969. The molecule has 5 N–H and O–H groups in total. The topological polar surface area (TPSA) is 138 Å². The second kappa shape index (κ2) is 8.25. The van der Waals surface area contributed by atoms with Gasteiger partial charge in [0.1, 0.15) is 23.4 Å². The summed E-state index contributed by atoms with van der Waals surface area (Å²) >= 11 is 0. The van der Waals surface area contributed by atoms with E-state index in [1.54, 1.807) is 45.2 Å². The first-order valence-electron chi connectivity index (χ1n) is 9.93. The third kappa shape index (κ3) is 4.84. The summed E-state index contributed by atoms with van der Waals surface area (Å²) in [7, 11) is 0. The molecule has 2 aromatic rings. The number of nitrogens with zero attached hydrogens (tertiary/aromatic N) is 1. The Hall–Kier alpha value is -3.23. The Morgan fingerprint density at radius 2 is 2.10 bits per heavy atom. The molecule has 1 fully saturated rings. The highest BCUT2D eigenvalue weighted by Gasteiger charge is 2.37. The normalized spacial score (nSPS) is 17.7. The summed E-state index contributed by atoms with van der Waals surface area (Å²) in [5, 5.41) is 13.2. The number of aromatic nitrogens is 1. The van der Waals surface area contributed by atoms with Gasteiger partial charge in [-0.25, -0.2) is 4.79 Å². The number of nitrogens with two attached hydrogens (primary N) is 1. The number of aromatic amines is 1. The SMILES string of the molecule is CC(C)(C)OC(=O)NC(Cc1c[nH]c2ccc(O)cc12)C(=O)N1CCC[C@H]1C(N)=O. The number of likely N-dealkylation sites (tertiary alicyclic amines) is 1. The number of rotatable bonds is 5. The molecule has 1 aromatic heterocycles. The van der Waals surface area contributed by atoms with Crippen LogP contribution in [0.5, 0.6) is 5.75 Å². The second-order valence-electron chi connectivity index (χ2n) is 8.54. The minimum Gasteiger partial charge on any atom is -0.508 e. The van der Waals surface area contributed by atoms with Crippen molar-refractivity contribution in [2.75, 3.05) is 6.54 Å². The third-order valence-corrected chi connectivity index (χ3v) is 5.03. The molecule has 9 heteroatoms. The van der Waals surface area contributed by atoms with E-state index in [2.05, 4.69) is 10.3 Å². The van der Waals surface area contributed by atoms with Crippen molar-refractivity contribution in [1.82, 2.24) is 15.2 Å². The number of ether oxygens (including phenoxy) is 1. The second-order valence-corrected chi connectivity index (χ2v) is 8.54. The zero-order chi connectivity index (χ0) is 22.1. The Labute approximate surface area is 174 Å². The molecular weight excluding hydrogens is 388 g/mol. The van der Waals surface area contributed by atoms with E-state index in [-0.39, 0.29) is 12.2 Å². The summed E-state index contributed by atoms with van der Waals surface area (Å²) in [6.45, 7) is 5.59. The number of carbonyl (C=O) groups is 3. The average Bonchev–Trinajstić information content (AvgIpc) is 3.26. The Kier molecular flexibility index (Phi) is 5.91. The molecule has 2 atom stereocenters. The van der Waals surface area contributed by atoms with Crippen LogP contribution in [0.25, 0.3) is 10.9 Å². The fraction of sp³-hybridized carbons (Fsp3) is 0.476. The third-order valence-electron chi connectivity index (χ3n) is 5.03. The van der Waals surface area contributed by atoms with E-state index < -0.39 is 35.6 Å². The van der Waals surface area contributed by atoms with E-state index in [4.69, 9.17) is 10.5 Å². The van der Waals surface area contributed by atoms with Crippen LogP contribution in [0.1, 0.15) is 39.2 Å². The van der Waals surface area contributed by atoms with Gasteiger partial charge in [0.15, 0.2) is 0 Å². The highest BCUT2D eigenvalue weighted by atomic mass is 16.6.